The van der Waals surface area contributed by atoms with Gasteiger partial charge in [-0.15, -0.1) is 0 Å². The molecular weight excluding hydrogens is 322 g/mol. The van der Waals surface area contributed by atoms with Crippen LogP contribution in [-0.4, -0.2) is 11.6 Å². The van der Waals surface area contributed by atoms with Gasteiger partial charge in [-0.1, -0.05) is 54.6 Å². The largest absolute Gasteiger partial charge is 0.434 e. The number of hydrogen-bond donors (Lipinski definition) is 1. The van der Waals surface area contributed by atoms with E-state index in [1.54, 1.807) is 30.5 Å². The zero-order valence-electron chi connectivity index (χ0n) is 13.5. The average Bonchev–Trinajstić information content (AvgIpc) is 2.64. The van der Waals surface area contributed by atoms with Gasteiger partial charge in [-0.05, 0) is 23.8 Å². The Labute approximate surface area is 145 Å². The van der Waals surface area contributed by atoms with Gasteiger partial charge >= 0.3 is 6.61 Å². The molecule has 1 N–H and O–H groups in total. The normalized spacial score (nSPS) is 12.1. The monoisotopic (exact) mass is 340 g/mol. The van der Waals surface area contributed by atoms with Crippen LogP contribution >= 0.6 is 0 Å². The smallest absolute Gasteiger partial charge is 0.387 e. The van der Waals surface area contributed by atoms with Crippen molar-refractivity contribution in [3.63, 3.8) is 0 Å². The Kier molecular flexibility index (Phi) is 5.69. The number of ether oxygens (including phenoxy) is 1. The Hall–Kier alpha value is -2.79. The molecule has 1 atom stereocenters. The summed E-state index contributed by atoms with van der Waals surface area (Å²) < 4.78 is 29.8. The lowest BCUT2D eigenvalue weighted by Gasteiger charge is -2.20. The van der Waals surface area contributed by atoms with Gasteiger partial charge in [0, 0.05) is 18.3 Å². The van der Waals surface area contributed by atoms with Crippen molar-refractivity contribution in [2.45, 2.75) is 19.2 Å². The van der Waals surface area contributed by atoms with Gasteiger partial charge in [-0.25, -0.2) is 0 Å². The summed E-state index contributed by atoms with van der Waals surface area (Å²) in [5.41, 5.74) is 2.58. The van der Waals surface area contributed by atoms with Crippen molar-refractivity contribution in [3.05, 3.63) is 95.8 Å². The molecule has 0 spiro atoms. The third-order valence-corrected chi connectivity index (χ3v) is 3.80. The number of hydrogen-bond acceptors (Lipinski definition) is 3. The minimum Gasteiger partial charge on any atom is -0.434 e. The maximum atomic E-state index is 12.6. The fourth-order valence-corrected chi connectivity index (χ4v) is 2.66. The minimum atomic E-state index is -2.85. The van der Waals surface area contributed by atoms with Gasteiger partial charge < -0.3 is 10.1 Å². The van der Waals surface area contributed by atoms with E-state index >= 15 is 0 Å². The zero-order valence-corrected chi connectivity index (χ0v) is 13.5. The molecule has 0 saturated carbocycles. The molecule has 128 valence electrons. The lowest BCUT2D eigenvalue weighted by molar-refractivity contribution is -0.0505. The first kappa shape index (κ1) is 17.0. The SMILES string of the molecule is FC(F)Oc1ccccc1CNC(c1ccccc1)c1ccccn1. The molecule has 3 aromatic rings. The van der Waals surface area contributed by atoms with Crippen LogP contribution in [0.2, 0.25) is 0 Å². The second kappa shape index (κ2) is 8.35. The van der Waals surface area contributed by atoms with Crippen molar-refractivity contribution in [1.29, 1.82) is 0 Å². The highest BCUT2D eigenvalue weighted by Gasteiger charge is 2.16. The highest BCUT2D eigenvalue weighted by molar-refractivity contribution is 5.34. The van der Waals surface area contributed by atoms with Crippen LogP contribution in [0.5, 0.6) is 5.75 Å². The van der Waals surface area contributed by atoms with Crippen LogP contribution in [0, 0.1) is 0 Å². The van der Waals surface area contributed by atoms with E-state index in [2.05, 4.69) is 15.0 Å². The highest BCUT2D eigenvalue weighted by Crippen LogP contribution is 2.24. The van der Waals surface area contributed by atoms with Gasteiger partial charge in [0.05, 0.1) is 11.7 Å². The Balaban J connectivity index is 1.83. The van der Waals surface area contributed by atoms with E-state index in [9.17, 15) is 8.78 Å². The van der Waals surface area contributed by atoms with Gasteiger partial charge in [0.25, 0.3) is 0 Å². The Morgan fingerprint density at radius 1 is 0.880 bits per heavy atom. The van der Waals surface area contributed by atoms with Crippen molar-refractivity contribution in [1.82, 2.24) is 10.3 Å². The molecule has 0 radical (unpaired) electrons. The fraction of sp³-hybridized carbons (Fsp3) is 0.150. The standard InChI is InChI=1S/C20H18F2N2O/c21-20(22)25-18-12-5-4-10-16(18)14-24-19(15-8-2-1-3-9-15)17-11-6-7-13-23-17/h1-13,19-20,24H,14H2. The molecule has 0 aliphatic rings. The molecule has 25 heavy (non-hydrogen) atoms. The van der Waals surface area contributed by atoms with Crippen LogP contribution in [0.1, 0.15) is 22.9 Å². The molecule has 0 fully saturated rings. The number of aromatic nitrogens is 1. The molecule has 0 bridgehead atoms. The number of rotatable bonds is 7. The summed E-state index contributed by atoms with van der Waals surface area (Å²) >= 11 is 0. The molecule has 0 saturated heterocycles. The summed E-state index contributed by atoms with van der Waals surface area (Å²) in [6.07, 6.45) is 1.74. The molecule has 0 amide bonds. The van der Waals surface area contributed by atoms with Gasteiger partial charge in [0.2, 0.25) is 0 Å². The van der Waals surface area contributed by atoms with Crippen LogP contribution in [0.3, 0.4) is 0 Å². The predicted molar refractivity (Wildman–Crippen MR) is 92.4 cm³/mol. The van der Waals surface area contributed by atoms with Crippen LogP contribution in [0.25, 0.3) is 0 Å². The van der Waals surface area contributed by atoms with E-state index in [0.29, 0.717) is 12.1 Å². The topological polar surface area (TPSA) is 34.1 Å². The number of pyridine rings is 1. The van der Waals surface area contributed by atoms with E-state index in [4.69, 9.17) is 0 Å². The second-order valence-electron chi connectivity index (χ2n) is 5.47. The van der Waals surface area contributed by atoms with Crippen LogP contribution < -0.4 is 10.1 Å². The zero-order chi connectivity index (χ0) is 17.5. The molecule has 1 aromatic heterocycles. The molecule has 2 aromatic carbocycles. The van der Waals surface area contributed by atoms with Gasteiger partial charge in [0.1, 0.15) is 5.75 Å². The summed E-state index contributed by atoms with van der Waals surface area (Å²) in [4.78, 5) is 4.42. The van der Waals surface area contributed by atoms with E-state index < -0.39 is 6.61 Å². The van der Waals surface area contributed by atoms with Gasteiger partial charge in [-0.3, -0.25) is 4.98 Å². The predicted octanol–water partition coefficient (Wildman–Crippen LogP) is 4.56. The number of benzene rings is 2. The first-order chi connectivity index (χ1) is 12.2. The van der Waals surface area contributed by atoms with E-state index in [1.165, 1.54) is 0 Å². The van der Waals surface area contributed by atoms with Gasteiger partial charge in [0.15, 0.2) is 0 Å². The summed E-state index contributed by atoms with van der Waals surface area (Å²) in [5, 5.41) is 3.39. The number of para-hydroxylation sites is 1. The average molecular weight is 340 g/mol. The molecule has 0 aliphatic carbocycles. The molecule has 1 heterocycles. The summed E-state index contributed by atoms with van der Waals surface area (Å²) in [5.74, 6) is 0.179. The number of halogens is 2. The molecule has 0 aliphatic heterocycles. The molecule has 3 nitrogen and oxygen atoms in total. The quantitative estimate of drug-likeness (QED) is 0.684. The number of nitrogens with zero attached hydrogens (tertiary/aromatic N) is 1. The first-order valence-corrected chi connectivity index (χ1v) is 7.96. The van der Waals surface area contributed by atoms with Crippen molar-refractivity contribution >= 4 is 0 Å². The maximum Gasteiger partial charge on any atom is 0.387 e. The Morgan fingerprint density at radius 2 is 1.60 bits per heavy atom. The van der Waals surface area contributed by atoms with Crippen LogP contribution in [0.15, 0.2) is 79.0 Å². The number of alkyl halides is 2. The third-order valence-electron chi connectivity index (χ3n) is 3.80. The van der Waals surface area contributed by atoms with Gasteiger partial charge in [-0.2, -0.15) is 8.78 Å². The van der Waals surface area contributed by atoms with Crippen LogP contribution in [0.4, 0.5) is 8.78 Å². The second-order valence-corrected chi connectivity index (χ2v) is 5.47. The van der Waals surface area contributed by atoms with E-state index in [0.717, 1.165) is 11.3 Å². The van der Waals surface area contributed by atoms with E-state index in [1.807, 2.05) is 48.5 Å². The lowest BCUT2D eigenvalue weighted by Crippen LogP contribution is -2.23. The van der Waals surface area contributed by atoms with Crippen molar-refractivity contribution in [2.75, 3.05) is 0 Å². The Morgan fingerprint density at radius 3 is 2.32 bits per heavy atom. The summed E-state index contributed by atoms with van der Waals surface area (Å²) in [6, 6.07) is 22.2. The molecule has 5 heteroatoms. The maximum absolute atomic E-state index is 12.6. The Bertz CT molecular complexity index is 742. The van der Waals surface area contributed by atoms with Crippen LogP contribution in [-0.2, 0) is 6.54 Å². The first-order valence-electron chi connectivity index (χ1n) is 7.96. The fourth-order valence-electron chi connectivity index (χ4n) is 2.66. The third kappa shape index (κ3) is 4.61. The van der Waals surface area contributed by atoms with Crippen molar-refractivity contribution in [3.8, 4) is 5.75 Å². The summed E-state index contributed by atoms with van der Waals surface area (Å²) in [7, 11) is 0. The number of nitrogens with one attached hydrogen (secondary N) is 1. The van der Waals surface area contributed by atoms with Crippen molar-refractivity contribution < 1.29 is 13.5 Å². The lowest BCUT2D eigenvalue weighted by atomic mass is 10.0. The highest BCUT2D eigenvalue weighted by atomic mass is 19.3. The molecule has 1 unspecified atom stereocenters. The van der Waals surface area contributed by atoms with E-state index in [-0.39, 0.29) is 11.8 Å². The molecule has 3 rings (SSSR count). The van der Waals surface area contributed by atoms with Crippen molar-refractivity contribution in [2.24, 2.45) is 0 Å². The minimum absolute atomic E-state index is 0.151. The summed E-state index contributed by atoms with van der Waals surface area (Å²) in [6.45, 7) is -2.47. The molecular formula is C20H18F2N2O.